The summed E-state index contributed by atoms with van der Waals surface area (Å²) in [5.41, 5.74) is 3.26. The third kappa shape index (κ3) is 4.20. The molecule has 0 unspecified atom stereocenters. The molecular formula is C23H27N3O2. The van der Waals surface area contributed by atoms with E-state index in [0.29, 0.717) is 6.04 Å². The summed E-state index contributed by atoms with van der Waals surface area (Å²) in [5.74, 6) is 1.82. The maximum atomic E-state index is 5.58. The van der Waals surface area contributed by atoms with E-state index in [1.54, 1.807) is 7.11 Å². The Hall–Kier alpha value is -2.79. The molecule has 0 aliphatic carbocycles. The van der Waals surface area contributed by atoms with Gasteiger partial charge in [-0.05, 0) is 44.2 Å². The summed E-state index contributed by atoms with van der Waals surface area (Å²) in [7, 11) is 3.88. The molecular weight excluding hydrogens is 350 g/mol. The van der Waals surface area contributed by atoms with Gasteiger partial charge < -0.3 is 14.2 Å². The highest BCUT2D eigenvalue weighted by molar-refractivity contribution is 5.58. The zero-order chi connectivity index (χ0) is 19.3. The molecule has 0 spiro atoms. The van der Waals surface area contributed by atoms with E-state index in [-0.39, 0.29) is 0 Å². The van der Waals surface area contributed by atoms with Gasteiger partial charge in [0.05, 0.1) is 13.7 Å². The second-order valence-electron chi connectivity index (χ2n) is 7.38. The summed E-state index contributed by atoms with van der Waals surface area (Å²) in [6.07, 6.45) is 2.28. The summed E-state index contributed by atoms with van der Waals surface area (Å²) < 4.78 is 10.8. The van der Waals surface area contributed by atoms with Gasteiger partial charge in [-0.3, -0.25) is 4.90 Å². The molecule has 0 atom stereocenters. The van der Waals surface area contributed by atoms with Crippen molar-refractivity contribution in [3.8, 4) is 17.0 Å². The SMILES string of the molecule is COc1ccc(N2CCC(N(C)Cc3cc(-c4ccccc4)no3)CC2)cc1. The third-order valence-electron chi connectivity index (χ3n) is 5.56. The molecule has 2 heterocycles. The fourth-order valence-corrected chi connectivity index (χ4v) is 3.87. The van der Waals surface area contributed by atoms with Crippen molar-refractivity contribution in [2.75, 3.05) is 32.1 Å². The Kier molecular flexibility index (Phi) is 5.63. The second kappa shape index (κ2) is 8.48. The van der Waals surface area contributed by atoms with Crippen LogP contribution in [0, 0.1) is 0 Å². The van der Waals surface area contributed by atoms with Crippen LogP contribution in [-0.2, 0) is 6.54 Å². The fourth-order valence-electron chi connectivity index (χ4n) is 3.87. The number of piperidine rings is 1. The van der Waals surface area contributed by atoms with E-state index < -0.39 is 0 Å². The molecule has 2 aromatic carbocycles. The molecule has 1 aliphatic heterocycles. The lowest BCUT2D eigenvalue weighted by Gasteiger charge is -2.37. The van der Waals surface area contributed by atoms with E-state index in [2.05, 4.69) is 52.3 Å². The van der Waals surface area contributed by atoms with E-state index in [1.165, 1.54) is 5.69 Å². The minimum atomic E-state index is 0.555. The van der Waals surface area contributed by atoms with Crippen molar-refractivity contribution >= 4 is 5.69 Å². The van der Waals surface area contributed by atoms with E-state index >= 15 is 0 Å². The summed E-state index contributed by atoms with van der Waals surface area (Å²) >= 11 is 0. The van der Waals surface area contributed by atoms with Crippen LogP contribution in [0.2, 0.25) is 0 Å². The van der Waals surface area contributed by atoms with Crippen molar-refractivity contribution < 1.29 is 9.26 Å². The Morgan fingerprint density at radius 2 is 1.79 bits per heavy atom. The summed E-state index contributed by atoms with van der Waals surface area (Å²) in [6, 6.07) is 21.1. The second-order valence-corrected chi connectivity index (χ2v) is 7.38. The highest BCUT2D eigenvalue weighted by Gasteiger charge is 2.23. The number of anilines is 1. The lowest BCUT2D eigenvalue weighted by atomic mass is 10.0. The number of hydrogen-bond donors (Lipinski definition) is 0. The Bertz CT molecular complexity index is 868. The van der Waals surface area contributed by atoms with Crippen LogP contribution in [-0.4, -0.2) is 43.3 Å². The number of ether oxygens (including phenoxy) is 1. The topological polar surface area (TPSA) is 41.7 Å². The van der Waals surface area contributed by atoms with Crippen molar-refractivity contribution in [3.63, 3.8) is 0 Å². The van der Waals surface area contributed by atoms with E-state index in [9.17, 15) is 0 Å². The first-order valence-corrected chi connectivity index (χ1v) is 9.83. The van der Waals surface area contributed by atoms with Gasteiger partial charge in [-0.2, -0.15) is 0 Å². The van der Waals surface area contributed by atoms with Crippen molar-refractivity contribution in [1.82, 2.24) is 10.1 Å². The molecule has 1 fully saturated rings. The molecule has 1 aromatic heterocycles. The Balaban J connectivity index is 1.31. The van der Waals surface area contributed by atoms with Gasteiger partial charge >= 0.3 is 0 Å². The van der Waals surface area contributed by atoms with Crippen LogP contribution in [0.4, 0.5) is 5.69 Å². The minimum Gasteiger partial charge on any atom is -0.497 e. The van der Waals surface area contributed by atoms with E-state index in [1.807, 2.05) is 30.3 Å². The smallest absolute Gasteiger partial charge is 0.151 e. The Labute approximate surface area is 166 Å². The van der Waals surface area contributed by atoms with Crippen LogP contribution >= 0.6 is 0 Å². The van der Waals surface area contributed by atoms with Crippen LogP contribution in [0.5, 0.6) is 5.75 Å². The van der Waals surface area contributed by atoms with Gasteiger partial charge in [0.15, 0.2) is 5.76 Å². The first-order chi connectivity index (χ1) is 13.7. The number of benzene rings is 2. The normalized spacial score (nSPS) is 15.2. The molecule has 5 heteroatoms. The maximum Gasteiger partial charge on any atom is 0.151 e. The molecule has 0 radical (unpaired) electrons. The average molecular weight is 377 g/mol. The van der Waals surface area contributed by atoms with E-state index in [0.717, 1.165) is 55.2 Å². The fraction of sp³-hybridized carbons (Fsp3) is 0.348. The molecule has 5 nitrogen and oxygen atoms in total. The van der Waals surface area contributed by atoms with Crippen molar-refractivity contribution in [2.24, 2.45) is 0 Å². The lowest BCUT2D eigenvalue weighted by molar-refractivity contribution is 0.181. The third-order valence-corrected chi connectivity index (χ3v) is 5.56. The monoisotopic (exact) mass is 377 g/mol. The summed E-state index contributed by atoms with van der Waals surface area (Å²) in [4.78, 5) is 4.84. The lowest BCUT2D eigenvalue weighted by Crippen LogP contribution is -2.43. The van der Waals surface area contributed by atoms with Crippen molar-refractivity contribution in [1.29, 1.82) is 0 Å². The highest BCUT2D eigenvalue weighted by Crippen LogP contribution is 2.25. The first kappa shape index (κ1) is 18.6. The molecule has 0 bridgehead atoms. The number of aromatic nitrogens is 1. The zero-order valence-corrected chi connectivity index (χ0v) is 16.5. The molecule has 146 valence electrons. The summed E-state index contributed by atoms with van der Waals surface area (Å²) in [6.45, 7) is 2.91. The minimum absolute atomic E-state index is 0.555. The average Bonchev–Trinajstić information content (AvgIpc) is 3.23. The number of hydrogen-bond acceptors (Lipinski definition) is 5. The quantitative estimate of drug-likeness (QED) is 0.635. The molecule has 4 rings (SSSR count). The van der Waals surface area contributed by atoms with Gasteiger partial charge in [-0.1, -0.05) is 35.5 Å². The van der Waals surface area contributed by atoms with Crippen LogP contribution < -0.4 is 9.64 Å². The molecule has 28 heavy (non-hydrogen) atoms. The summed E-state index contributed by atoms with van der Waals surface area (Å²) in [5, 5.41) is 4.23. The predicted molar refractivity (Wildman–Crippen MR) is 112 cm³/mol. The Morgan fingerprint density at radius 1 is 1.07 bits per heavy atom. The predicted octanol–water partition coefficient (Wildman–Crippen LogP) is 4.45. The van der Waals surface area contributed by atoms with Crippen LogP contribution in [0.3, 0.4) is 0 Å². The largest absolute Gasteiger partial charge is 0.497 e. The van der Waals surface area contributed by atoms with Gasteiger partial charge in [-0.15, -0.1) is 0 Å². The van der Waals surface area contributed by atoms with Gasteiger partial charge in [0, 0.05) is 36.4 Å². The van der Waals surface area contributed by atoms with Gasteiger partial charge in [0.2, 0.25) is 0 Å². The first-order valence-electron chi connectivity index (χ1n) is 9.83. The molecule has 0 saturated carbocycles. The molecule has 1 saturated heterocycles. The Morgan fingerprint density at radius 3 is 2.46 bits per heavy atom. The molecule has 0 N–H and O–H groups in total. The van der Waals surface area contributed by atoms with Crippen LogP contribution in [0.1, 0.15) is 18.6 Å². The van der Waals surface area contributed by atoms with Crippen LogP contribution in [0.15, 0.2) is 65.2 Å². The number of nitrogens with zero attached hydrogens (tertiary/aromatic N) is 3. The number of methoxy groups -OCH3 is 1. The maximum absolute atomic E-state index is 5.58. The van der Waals surface area contributed by atoms with E-state index in [4.69, 9.17) is 9.26 Å². The van der Waals surface area contributed by atoms with Gasteiger partial charge in [0.1, 0.15) is 11.4 Å². The van der Waals surface area contributed by atoms with Gasteiger partial charge in [-0.25, -0.2) is 0 Å². The van der Waals surface area contributed by atoms with Crippen molar-refractivity contribution in [2.45, 2.75) is 25.4 Å². The van der Waals surface area contributed by atoms with Crippen molar-refractivity contribution in [3.05, 3.63) is 66.4 Å². The highest BCUT2D eigenvalue weighted by atomic mass is 16.5. The standard InChI is InChI=1S/C23H27N3O2/c1-25(17-22-16-23(24-28-22)18-6-4-3-5-7-18)19-12-14-26(15-13-19)20-8-10-21(27-2)11-9-20/h3-11,16,19H,12-15,17H2,1-2H3. The number of rotatable bonds is 6. The van der Waals surface area contributed by atoms with Gasteiger partial charge in [0.25, 0.3) is 0 Å². The zero-order valence-electron chi connectivity index (χ0n) is 16.5. The molecule has 3 aromatic rings. The molecule has 0 amide bonds. The molecule has 1 aliphatic rings. The van der Waals surface area contributed by atoms with Crippen LogP contribution in [0.25, 0.3) is 11.3 Å².